The van der Waals surface area contributed by atoms with Crippen LogP contribution >= 0.6 is 11.8 Å². The molecular formula is C18H22N3O5S-. The van der Waals surface area contributed by atoms with E-state index < -0.39 is 41.1 Å². The summed E-state index contributed by atoms with van der Waals surface area (Å²) in [5.74, 6) is -2.02. The molecule has 0 aliphatic heterocycles. The summed E-state index contributed by atoms with van der Waals surface area (Å²) in [6.45, 7) is 3.26. The van der Waals surface area contributed by atoms with E-state index in [1.807, 2.05) is 6.26 Å². The molecule has 0 radical (unpaired) electrons. The van der Waals surface area contributed by atoms with Gasteiger partial charge in [-0.3, -0.25) is 9.59 Å². The van der Waals surface area contributed by atoms with E-state index in [0.29, 0.717) is 11.3 Å². The van der Waals surface area contributed by atoms with Gasteiger partial charge in [0.2, 0.25) is 5.91 Å². The number of benzene rings is 1. The van der Waals surface area contributed by atoms with Crippen molar-refractivity contribution in [2.75, 3.05) is 12.0 Å². The van der Waals surface area contributed by atoms with Gasteiger partial charge in [0, 0.05) is 0 Å². The van der Waals surface area contributed by atoms with Crippen LogP contribution in [-0.4, -0.2) is 39.5 Å². The molecule has 1 aromatic heterocycles. The summed E-state index contributed by atoms with van der Waals surface area (Å²) < 4.78 is 0.862. The van der Waals surface area contributed by atoms with Gasteiger partial charge in [0.15, 0.2) is 0 Å². The Hall–Kier alpha value is -2.55. The zero-order valence-electron chi connectivity index (χ0n) is 15.4. The minimum atomic E-state index is -1.42. The van der Waals surface area contributed by atoms with E-state index in [9.17, 15) is 24.3 Å². The van der Waals surface area contributed by atoms with Crippen molar-refractivity contribution < 1.29 is 14.7 Å². The Balaban J connectivity index is 2.52. The Labute approximate surface area is 160 Å². The highest BCUT2D eigenvalue weighted by molar-refractivity contribution is 7.98. The number of fused-ring (bicyclic) bond motifs is 1. The monoisotopic (exact) mass is 392 g/mol. The molecule has 1 heterocycles. The van der Waals surface area contributed by atoms with Gasteiger partial charge in [0.1, 0.15) is 6.04 Å². The van der Waals surface area contributed by atoms with Gasteiger partial charge < -0.3 is 20.2 Å². The summed E-state index contributed by atoms with van der Waals surface area (Å²) in [6, 6.07) is 4.17. The number of hydrogen-bond donors (Lipinski definition) is 2. The number of aromatic amines is 1. The van der Waals surface area contributed by atoms with Crippen LogP contribution < -0.4 is 21.7 Å². The minimum Gasteiger partial charge on any atom is -0.548 e. The third-order valence-corrected chi connectivity index (χ3v) is 4.91. The number of carboxylic acid groups (broad SMARTS) is 1. The van der Waals surface area contributed by atoms with Gasteiger partial charge in [-0.15, -0.1) is 0 Å². The lowest BCUT2D eigenvalue weighted by atomic mass is 10.0. The highest BCUT2D eigenvalue weighted by Crippen LogP contribution is 2.14. The quantitative estimate of drug-likeness (QED) is 0.645. The van der Waals surface area contributed by atoms with E-state index in [1.165, 1.54) is 11.8 Å². The Kier molecular flexibility index (Phi) is 6.84. The van der Waals surface area contributed by atoms with E-state index in [2.05, 4.69) is 10.3 Å². The van der Waals surface area contributed by atoms with Gasteiger partial charge in [-0.25, -0.2) is 9.36 Å². The van der Waals surface area contributed by atoms with E-state index in [1.54, 1.807) is 38.1 Å². The van der Waals surface area contributed by atoms with Crippen molar-refractivity contribution in [3.05, 3.63) is 45.1 Å². The molecule has 2 rings (SSSR count). The number of aromatic nitrogens is 2. The Bertz CT molecular complexity index is 950. The van der Waals surface area contributed by atoms with Crippen molar-refractivity contribution in [2.45, 2.75) is 32.4 Å². The maximum atomic E-state index is 12.8. The summed E-state index contributed by atoms with van der Waals surface area (Å²) in [7, 11) is 0. The topological polar surface area (TPSA) is 124 Å². The summed E-state index contributed by atoms with van der Waals surface area (Å²) in [4.78, 5) is 52.0. The predicted molar refractivity (Wildman–Crippen MR) is 103 cm³/mol. The molecule has 9 heteroatoms. The first-order valence-electron chi connectivity index (χ1n) is 8.51. The fourth-order valence-corrected chi connectivity index (χ4v) is 3.27. The smallest absolute Gasteiger partial charge is 0.329 e. The number of amides is 1. The minimum absolute atomic E-state index is 0.201. The molecule has 0 aliphatic rings. The van der Waals surface area contributed by atoms with Crippen molar-refractivity contribution in [1.82, 2.24) is 14.9 Å². The first-order valence-corrected chi connectivity index (χ1v) is 9.91. The van der Waals surface area contributed by atoms with Crippen LogP contribution in [0.2, 0.25) is 0 Å². The Morgan fingerprint density at radius 1 is 1.26 bits per heavy atom. The first-order chi connectivity index (χ1) is 12.8. The molecule has 0 saturated heterocycles. The van der Waals surface area contributed by atoms with E-state index in [4.69, 9.17) is 0 Å². The Morgan fingerprint density at radius 3 is 2.52 bits per heavy atom. The average molecular weight is 392 g/mol. The van der Waals surface area contributed by atoms with Gasteiger partial charge >= 0.3 is 5.69 Å². The zero-order valence-corrected chi connectivity index (χ0v) is 16.2. The number of rotatable bonds is 8. The number of para-hydroxylation sites is 1. The van der Waals surface area contributed by atoms with E-state index in [-0.39, 0.29) is 11.8 Å². The van der Waals surface area contributed by atoms with E-state index >= 15 is 0 Å². The lowest BCUT2D eigenvalue weighted by molar-refractivity contribution is -0.309. The lowest BCUT2D eigenvalue weighted by Gasteiger charge is -2.26. The number of H-pyrrole nitrogens is 1. The summed E-state index contributed by atoms with van der Waals surface area (Å²) in [6.07, 6.45) is 2.03. The molecule has 0 saturated carbocycles. The zero-order chi connectivity index (χ0) is 20.1. The standard InChI is InChI=1S/C18H23N3O5S/c1-10(2)14(17(24)25)20-15(22)13(8-9-27-3)21-16(23)11-6-4-5-7-12(11)19-18(21)26/h4-7,10,13-14H,8-9H2,1-3H3,(H,19,26)(H,20,22)(H,24,25)/p-1/t13-,14-/m0/s1. The number of carbonyl (C=O) groups is 2. The summed E-state index contributed by atoms with van der Waals surface area (Å²) in [5, 5.41) is 14.0. The second kappa shape index (κ2) is 8.90. The number of nitrogens with one attached hydrogen (secondary N) is 2. The number of hydrogen-bond acceptors (Lipinski definition) is 6. The molecule has 1 aromatic carbocycles. The molecule has 2 N–H and O–H groups in total. The third kappa shape index (κ3) is 4.60. The summed E-state index contributed by atoms with van der Waals surface area (Å²) in [5.41, 5.74) is -0.929. The number of nitrogens with zero attached hydrogens (tertiary/aromatic N) is 1. The number of thioether (sulfide) groups is 1. The van der Waals surface area contributed by atoms with Crippen molar-refractivity contribution in [1.29, 1.82) is 0 Å². The molecule has 146 valence electrons. The molecule has 0 bridgehead atoms. The van der Waals surface area contributed by atoms with Gasteiger partial charge in [-0.05, 0) is 36.5 Å². The largest absolute Gasteiger partial charge is 0.548 e. The van der Waals surface area contributed by atoms with Gasteiger partial charge in [0.25, 0.3) is 5.56 Å². The van der Waals surface area contributed by atoms with Crippen molar-refractivity contribution in [3.63, 3.8) is 0 Å². The maximum absolute atomic E-state index is 12.8. The fourth-order valence-electron chi connectivity index (χ4n) is 2.81. The van der Waals surface area contributed by atoms with Crippen LogP contribution in [0.1, 0.15) is 26.3 Å². The molecule has 1 amide bonds. The Morgan fingerprint density at radius 2 is 1.93 bits per heavy atom. The van der Waals surface area contributed by atoms with Crippen LogP contribution in [0, 0.1) is 5.92 Å². The van der Waals surface area contributed by atoms with Crippen LogP contribution in [0.25, 0.3) is 10.9 Å². The number of carboxylic acids is 1. The SMILES string of the molecule is CSCC[C@@H](C(=O)N[C@H](C(=O)[O-])C(C)C)n1c(=O)[nH]c2ccccc2c1=O. The molecule has 0 unspecified atom stereocenters. The second-order valence-corrected chi connectivity index (χ2v) is 7.48. The van der Waals surface area contributed by atoms with Crippen LogP contribution in [0.4, 0.5) is 0 Å². The molecule has 0 spiro atoms. The molecule has 8 nitrogen and oxygen atoms in total. The molecular weight excluding hydrogens is 370 g/mol. The lowest BCUT2D eigenvalue weighted by Crippen LogP contribution is -2.54. The average Bonchev–Trinajstić information content (AvgIpc) is 2.61. The maximum Gasteiger partial charge on any atom is 0.329 e. The molecule has 0 fully saturated rings. The van der Waals surface area contributed by atoms with Gasteiger partial charge in [-0.1, -0.05) is 26.0 Å². The van der Waals surface area contributed by atoms with Crippen LogP contribution in [0.3, 0.4) is 0 Å². The van der Waals surface area contributed by atoms with E-state index in [0.717, 1.165) is 4.57 Å². The first kappa shape index (κ1) is 20.8. The van der Waals surface area contributed by atoms with Gasteiger partial charge in [-0.2, -0.15) is 11.8 Å². The van der Waals surface area contributed by atoms with Crippen LogP contribution in [0.5, 0.6) is 0 Å². The molecule has 0 aliphatic carbocycles. The van der Waals surface area contributed by atoms with Crippen LogP contribution in [0.15, 0.2) is 33.9 Å². The van der Waals surface area contributed by atoms with Crippen molar-refractivity contribution in [3.8, 4) is 0 Å². The summed E-state index contributed by atoms with van der Waals surface area (Å²) >= 11 is 1.45. The fraction of sp³-hybridized carbons (Fsp3) is 0.444. The number of carbonyl (C=O) groups excluding carboxylic acids is 2. The molecule has 2 aromatic rings. The normalized spacial score (nSPS) is 13.5. The molecule has 2 atom stereocenters. The van der Waals surface area contributed by atoms with Crippen molar-refractivity contribution in [2.24, 2.45) is 5.92 Å². The highest BCUT2D eigenvalue weighted by atomic mass is 32.2. The highest BCUT2D eigenvalue weighted by Gasteiger charge is 2.27. The molecule has 27 heavy (non-hydrogen) atoms. The van der Waals surface area contributed by atoms with Crippen molar-refractivity contribution >= 4 is 34.5 Å². The van der Waals surface area contributed by atoms with Crippen LogP contribution in [-0.2, 0) is 9.59 Å². The predicted octanol–water partition coefficient (Wildman–Crippen LogP) is -0.125. The number of aliphatic carboxylic acids is 1. The third-order valence-electron chi connectivity index (χ3n) is 4.26. The van der Waals surface area contributed by atoms with Gasteiger partial charge in [0.05, 0.1) is 22.9 Å². The second-order valence-electron chi connectivity index (χ2n) is 6.50.